The number of hydrogen-bond donors (Lipinski definition) is 3. The highest BCUT2D eigenvalue weighted by Gasteiger charge is 2.08. The van der Waals surface area contributed by atoms with Crippen molar-refractivity contribution in [2.24, 2.45) is 5.73 Å². The number of carbonyl (C=O) groups excluding carboxylic acids is 2. The number of hydrogen-bond acceptors (Lipinski definition) is 4. The predicted octanol–water partition coefficient (Wildman–Crippen LogP) is 1.55. The smallest absolute Gasteiger partial charge is 0.251 e. The molecule has 20 heavy (non-hydrogen) atoms. The highest BCUT2D eigenvalue weighted by atomic mass is 35.5. The number of aromatic nitrogens is 1. The van der Waals surface area contributed by atoms with E-state index in [-0.39, 0.29) is 17.0 Å². The van der Waals surface area contributed by atoms with Crippen molar-refractivity contribution in [1.29, 1.82) is 0 Å². The van der Waals surface area contributed by atoms with Crippen LogP contribution >= 0.6 is 11.6 Å². The maximum absolute atomic E-state index is 11.9. The van der Waals surface area contributed by atoms with Crippen LogP contribution in [0.1, 0.15) is 36.5 Å². The molecule has 2 amide bonds. The van der Waals surface area contributed by atoms with E-state index in [2.05, 4.69) is 15.6 Å². The van der Waals surface area contributed by atoms with Gasteiger partial charge in [0, 0.05) is 25.1 Å². The Kier molecular flexibility index (Phi) is 6.79. The molecule has 1 aromatic heterocycles. The van der Waals surface area contributed by atoms with Crippen LogP contribution < -0.4 is 16.4 Å². The summed E-state index contributed by atoms with van der Waals surface area (Å²) in [5.74, 6) is 0.0268. The first-order valence-corrected chi connectivity index (χ1v) is 6.88. The number of rotatable bonds is 8. The second-order valence-electron chi connectivity index (χ2n) is 4.27. The van der Waals surface area contributed by atoms with E-state index in [1.807, 2.05) is 6.92 Å². The molecule has 0 aliphatic rings. The molecule has 0 aliphatic carbocycles. The third-order valence-electron chi connectivity index (χ3n) is 2.55. The summed E-state index contributed by atoms with van der Waals surface area (Å²) in [7, 11) is 0. The number of amides is 2. The summed E-state index contributed by atoms with van der Waals surface area (Å²) in [5.41, 5.74) is 5.49. The van der Waals surface area contributed by atoms with Crippen LogP contribution in [0.25, 0.3) is 0 Å². The largest absolute Gasteiger partial charge is 0.370 e. The molecule has 0 aliphatic heterocycles. The average molecular weight is 299 g/mol. The molecule has 1 rings (SSSR count). The van der Waals surface area contributed by atoms with E-state index >= 15 is 0 Å². The van der Waals surface area contributed by atoms with Crippen molar-refractivity contribution in [2.75, 3.05) is 18.4 Å². The van der Waals surface area contributed by atoms with Crippen LogP contribution in [0.15, 0.2) is 12.1 Å². The minimum Gasteiger partial charge on any atom is -0.370 e. The lowest BCUT2D eigenvalue weighted by molar-refractivity contribution is -0.118. The van der Waals surface area contributed by atoms with Crippen LogP contribution in [-0.2, 0) is 4.79 Å². The van der Waals surface area contributed by atoms with Crippen LogP contribution in [0.4, 0.5) is 5.82 Å². The van der Waals surface area contributed by atoms with Crippen molar-refractivity contribution < 1.29 is 9.59 Å². The number of unbranched alkanes of at least 4 members (excludes halogenated alkanes) is 1. The molecular formula is C13H19ClN4O2. The Hall–Kier alpha value is -1.82. The first kappa shape index (κ1) is 16.2. The number of nitrogens with one attached hydrogen (secondary N) is 2. The summed E-state index contributed by atoms with van der Waals surface area (Å²) >= 11 is 5.87. The number of nitrogens with two attached hydrogens (primary N) is 1. The standard InChI is InChI=1S/C13H19ClN4O2/c1-2-16-12-8-9(7-10(14)18-12)13(20)17-6-4-3-5-11(15)19/h7-8H,2-6H2,1H3,(H2,15,19)(H,16,18)(H,17,20). The molecule has 6 nitrogen and oxygen atoms in total. The zero-order valence-corrected chi connectivity index (χ0v) is 12.2. The molecule has 0 atom stereocenters. The van der Waals surface area contributed by atoms with Gasteiger partial charge in [-0.05, 0) is 31.9 Å². The van der Waals surface area contributed by atoms with E-state index in [0.717, 1.165) is 0 Å². The van der Waals surface area contributed by atoms with Crippen molar-refractivity contribution in [1.82, 2.24) is 10.3 Å². The van der Waals surface area contributed by atoms with Crippen LogP contribution in [0, 0.1) is 0 Å². The van der Waals surface area contributed by atoms with E-state index < -0.39 is 0 Å². The molecule has 7 heteroatoms. The third kappa shape index (κ3) is 5.88. The van der Waals surface area contributed by atoms with Gasteiger partial charge in [-0.1, -0.05) is 11.6 Å². The Morgan fingerprint density at radius 1 is 1.35 bits per heavy atom. The Morgan fingerprint density at radius 3 is 2.75 bits per heavy atom. The Balaban J connectivity index is 2.48. The first-order chi connectivity index (χ1) is 9.52. The Labute approximate surface area is 123 Å². The molecule has 0 saturated carbocycles. The second-order valence-corrected chi connectivity index (χ2v) is 4.66. The number of pyridine rings is 1. The molecule has 0 aromatic carbocycles. The zero-order chi connectivity index (χ0) is 15.0. The fraction of sp³-hybridized carbons (Fsp3) is 0.462. The van der Waals surface area contributed by atoms with Gasteiger partial charge >= 0.3 is 0 Å². The molecule has 0 unspecified atom stereocenters. The fourth-order valence-electron chi connectivity index (χ4n) is 1.63. The molecule has 0 radical (unpaired) electrons. The summed E-state index contributed by atoms with van der Waals surface area (Å²) < 4.78 is 0. The van der Waals surface area contributed by atoms with Gasteiger partial charge in [0.1, 0.15) is 11.0 Å². The van der Waals surface area contributed by atoms with Crippen molar-refractivity contribution >= 4 is 29.2 Å². The quantitative estimate of drug-likeness (QED) is 0.501. The van der Waals surface area contributed by atoms with E-state index in [1.54, 1.807) is 6.07 Å². The SMILES string of the molecule is CCNc1cc(C(=O)NCCCCC(N)=O)cc(Cl)n1. The molecule has 110 valence electrons. The monoisotopic (exact) mass is 298 g/mol. The van der Waals surface area contributed by atoms with Crippen molar-refractivity contribution in [3.8, 4) is 0 Å². The van der Waals surface area contributed by atoms with E-state index in [0.29, 0.717) is 43.7 Å². The molecule has 0 saturated heterocycles. The number of primary amides is 1. The molecular weight excluding hydrogens is 280 g/mol. The molecule has 1 heterocycles. The van der Waals surface area contributed by atoms with Gasteiger partial charge in [-0.3, -0.25) is 9.59 Å². The maximum atomic E-state index is 11.9. The van der Waals surface area contributed by atoms with E-state index in [4.69, 9.17) is 17.3 Å². The first-order valence-electron chi connectivity index (χ1n) is 6.51. The lowest BCUT2D eigenvalue weighted by Gasteiger charge is -2.08. The summed E-state index contributed by atoms with van der Waals surface area (Å²) in [4.78, 5) is 26.6. The van der Waals surface area contributed by atoms with Gasteiger partial charge in [-0.2, -0.15) is 0 Å². The number of nitrogens with zero attached hydrogens (tertiary/aromatic N) is 1. The minimum absolute atomic E-state index is 0.215. The van der Waals surface area contributed by atoms with Gasteiger partial charge in [0.05, 0.1) is 0 Å². The minimum atomic E-state index is -0.326. The van der Waals surface area contributed by atoms with Crippen LogP contribution in [0.2, 0.25) is 5.15 Å². The van der Waals surface area contributed by atoms with E-state index in [9.17, 15) is 9.59 Å². The van der Waals surface area contributed by atoms with Gasteiger partial charge < -0.3 is 16.4 Å². The lowest BCUT2D eigenvalue weighted by atomic mass is 10.2. The van der Waals surface area contributed by atoms with Crippen molar-refractivity contribution in [2.45, 2.75) is 26.2 Å². The summed E-state index contributed by atoms with van der Waals surface area (Å²) in [5, 5.41) is 6.04. The third-order valence-corrected chi connectivity index (χ3v) is 2.74. The zero-order valence-electron chi connectivity index (χ0n) is 11.4. The highest BCUT2D eigenvalue weighted by Crippen LogP contribution is 2.14. The van der Waals surface area contributed by atoms with Gasteiger partial charge in [-0.25, -0.2) is 4.98 Å². The summed E-state index contributed by atoms with van der Waals surface area (Å²) in [6, 6.07) is 3.16. The summed E-state index contributed by atoms with van der Waals surface area (Å²) in [6.07, 6.45) is 1.70. The maximum Gasteiger partial charge on any atom is 0.251 e. The molecule has 0 fully saturated rings. The Bertz CT molecular complexity index is 479. The fourth-order valence-corrected chi connectivity index (χ4v) is 1.84. The number of halogens is 1. The van der Waals surface area contributed by atoms with Crippen LogP contribution in [0.5, 0.6) is 0 Å². The molecule has 0 spiro atoms. The van der Waals surface area contributed by atoms with Gasteiger partial charge in [0.25, 0.3) is 5.91 Å². The molecule has 1 aromatic rings. The van der Waals surface area contributed by atoms with Gasteiger partial charge in [0.2, 0.25) is 5.91 Å². The normalized spacial score (nSPS) is 10.1. The van der Waals surface area contributed by atoms with Crippen molar-refractivity contribution in [3.05, 3.63) is 22.8 Å². The molecule has 0 bridgehead atoms. The predicted molar refractivity (Wildman–Crippen MR) is 78.8 cm³/mol. The Morgan fingerprint density at radius 2 is 2.10 bits per heavy atom. The number of carbonyl (C=O) groups is 2. The van der Waals surface area contributed by atoms with Crippen LogP contribution in [-0.4, -0.2) is 29.9 Å². The highest BCUT2D eigenvalue weighted by molar-refractivity contribution is 6.29. The average Bonchev–Trinajstić information content (AvgIpc) is 2.37. The second kappa shape index (κ2) is 8.37. The van der Waals surface area contributed by atoms with Gasteiger partial charge in [-0.15, -0.1) is 0 Å². The van der Waals surface area contributed by atoms with E-state index in [1.165, 1.54) is 6.07 Å². The number of anilines is 1. The van der Waals surface area contributed by atoms with Gasteiger partial charge in [0.15, 0.2) is 0 Å². The van der Waals surface area contributed by atoms with Crippen LogP contribution in [0.3, 0.4) is 0 Å². The van der Waals surface area contributed by atoms with Crippen molar-refractivity contribution in [3.63, 3.8) is 0 Å². The molecule has 4 N–H and O–H groups in total. The summed E-state index contributed by atoms with van der Waals surface area (Å²) in [6.45, 7) is 3.12. The lowest BCUT2D eigenvalue weighted by Crippen LogP contribution is -2.25. The topological polar surface area (TPSA) is 97.1 Å².